The van der Waals surface area contributed by atoms with Gasteiger partial charge in [0.25, 0.3) is 11.5 Å². The molecule has 0 bridgehead atoms. The first-order chi connectivity index (χ1) is 17.7. The van der Waals surface area contributed by atoms with E-state index in [2.05, 4.69) is 19.9 Å². The van der Waals surface area contributed by atoms with E-state index < -0.39 is 17.4 Å². The van der Waals surface area contributed by atoms with Crippen LogP contribution in [-0.4, -0.2) is 70.4 Å². The molecule has 0 radical (unpaired) electrons. The number of aromatic nitrogens is 6. The summed E-state index contributed by atoms with van der Waals surface area (Å²) in [5.41, 5.74) is 1.27. The zero-order valence-electron chi connectivity index (χ0n) is 20.3. The van der Waals surface area contributed by atoms with Crippen LogP contribution in [0.2, 0.25) is 0 Å². The van der Waals surface area contributed by atoms with E-state index in [-0.39, 0.29) is 29.5 Å². The lowest BCUT2D eigenvalue weighted by molar-refractivity contribution is -0.140. The van der Waals surface area contributed by atoms with Gasteiger partial charge in [-0.15, -0.1) is 0 Å². The lowest BCUT2D eigenvalue weighted by atomic mass is 10.0. The molecule has 12 nitrogen and oxygen atoms in total. The molecular formula is C25H25N7O5. The Bertz CT molecular complexity index is 1630. The lowest BCUT2D eigenvalue weighted by Crippen LogP contribution is -2.45. The lowest BCUT2D eigenvalue weighted by Gasteiger charge is -2.34. The third-order valence-electron chi connectivity index (χ3n) is 6.52. The van der Waals surface area contributed by atoms with Gasteiger partial charge in [0, 0.05) is 43.3 Å². The van der Waals surface area contributed by atoms with Gasteiger partial charge in [0.05, 0.1) is 28.5 Å². The van der Waals surface area contributed by atoms with Gasteiger partial charge in [0.1, 0.15) is 23.2 Å². The molecule has 5 rings (SSSR count). The van der Waals surface area contributed by atoms with E-state index in [0.29, 0.717) is 59.6 Å². The van der Waals surface area contributed by atoms with Crippen molar-refractivity contribution >= 4 is 33.6 Å². The third-order valence-corrected chi connectivity index (χ3v) is 6.52. The van der Waals surface area contributed by atoms with Crippen LogP contribution in [0.25, 0.3) is 33.2 Å². The number of carbonyl (C=O) groups excluding carboxylic acids is 2. The van der Waals surface area contributed by atoms with Crippen molar-refractivity contribution in [3.05, 3.63) is 57.4 Å². The molecule has 1 aliphatic rings. The number of aliphatic hydroxyl groups is 1. The first-order valence-electron chi connectivity index (χ1n) is 11.9. The molecule has 37 heavy (non-hydrogen) atoms. The first-order valence-corrected chi connectivity index (χ1v) is 11.9. The molecule has 4 aromatic heterocycles. The highest BCUT2D eigenvalue weighted by Gasteiger charge is 2.28. The Morgan fingerprint density at radius 2 is 1.81 bits per heavy atom. The number of hydrogen-bond donors (Lipinski definition) is 2. The second-order valence-electron chi connectivity index (χ2n) is 9.21. The third kappa shape index (κ3) is 4.62. The van der Waals surface area contributed by atoms with E-state index in [1.54, 1.807) is 29.4 Å². The Kier molecular flexibility index (Phi) is 6.34. The summed E-state index contributed by atoms with van der Waals surface area (Å²) in [6.07, 6.45) is 4.56. The maximum atomic E-state index is 13.1. The number of ketones is 1. The number of aliphatic hydroxyl groups excluding tert-OH is 1. The summed E-state index contributed by atoms with van der Waals surface area (Å²) in [6.45, 7) is 3.63. The number of Topliss-reactive ketones (excluding diaryl/α,β-unsaturated/α-hetero) is 1. The molecule has 0 unspecified atom stereocenters. The van der Waals surface area contributed by atoms with Crippen LogP contribution in [0.1, 0.15) is 38.6 Å². The van der Waals surface area contributed by atoms with Gasteiger partial charge in [0.2, 0.25) is 0 Å². The molecule has 4 aromatic rings. The number of carbonyl (C=O) groups is 2. The normalized spacial score (nSPS) is 15.3. The summed E-state index contributed by atoms with van der Waals surface area (Å²) in [5.74, 6) is 0.0120. The molecule has 1 fully saturated rings. The van der Waals surface area contributed by atoms with Gasteiger partial charge < -0.3 is 10.0 Å². The van der Waals surface area contributed by atoms with E-state index in [4.69, 9.17) is 4.98 Å². The molecule has 1 atom stereocenters. The monoisotopic (exact) mass is 503 g/mol. The number of piperidine rings is 1. The molecule has 0 spiro atoms. The number of H-pyrrole nitrogens is 1. The van der Waals surface area contributed by atoms with Gasteiger partial charge in [0.15, 0.2) is 0 Å². The van der Waals surface area contributed by atoms with Crippen molar-refractivity contribution in [2.24, 2.45) is 0 Å². The van der Waals surface area contributed by atoms with Gasteiger partial charge in [-0.25, -0.2) is 19.7 Å². The number of amides is 1. The fraction of sp³-hybridized carbons (Fsp3) is 0.360. The van der Waals surface area contributed by atoms with Crippen molar-refractivity contribution < 1.29 is 14.7 Å². The van der Waals surface area contributed by atoms with Crippen molar-refractivity contribution in [2.45, 2.75) is 45.3 Å². The number of hydrogen-bond acceptors (Lipinski definition) is 9. The molecule has 0 aromatic carbocycles. The topological polar surface area (TPSA) is 164 Å². The van der Waals surface area contributed by atoms with Crippen molar-refractivity contribution in [2.75, 3.05) is 13.1 Å². The largest absolute Gasteiger partial charge is 0.384 e. The Labute approximate surface area is 210 Å². The molecule has 5 heterocycles. The number of aromatic amines is 1. The number of fused-ring (bicyclic) bond motifs is 3. The summed E-state index contributed by atoms with van der Waals surface area (Å²) in [7, 11) is 0. The van der Waals surface area contributed by atoms with Crippen molar-refractivity contribution in [1.82, 2.24) is 34.4 Å². The highest BCUT2D eigenvalue weighted by atomic mass is 16.3. The Balaban J connectivity index is 1.61. The smallest absolute Gasteiger partial charge is 0.329 e. The predicted molar refractivity (Wildman–Crippen MR) is 134 cm³/mol. The highest BCUT2D eigenvalue weighted by molar-refractivity contribution is 6.01. The van der Waals surface area contributed by atoms with Gasteiger partial charge in [-0.3, -0.25) is 28.9 Å². The summed E-state index contributed by atoms with van der Waals surface area (Å²) in [4.78, 5) is 70.9. The standard InChI is InChI=1S/C25H25N7O5/c1-13(33)9-20-27-10-15(11-28-20)18-3-4-19-21(29-18)22-17(12-26-19)23(35)30-25(37)32(22)16-5-7-31(8-6-16)24(36)14(2)34/h3-4,10-12,14,16,34H,5-9H2,1-2H3,(H,30,35,37)/t14-/m0/s1. The molecule has 2 N–H and O–H groups in total. The zero-order valence-corrected chi connectivity index (χ0v) is 20.3. The molecule has 1 aliphatic heterocycles. The number of pyridine rings is 2. The van der Waals surface area contributed by atoms with E-state index >= 15 is 0 Å². The average molecular weight is 504 g/mol. The number of likely N-dealkylation sites (tertiary alicyclic amines) is 1. The molecule has 12 heteroatoms. The van der Waals surface area contributed by atoms with E-state index in [1.165, 1.54) is 24.6 Å². The zero-order chi connectivity index (χ0) is 26.3. The van der Waals surface area contributed by atoms with Crippen molar-refractivity contribution in [3.8, 4) is 11.3 Å². The van der Waals surface area contributed by atoms with E-state index in [1.807, 2.05) is 0 Å². The summed E-state index contributed by atoms with van der Waals surface area (Å²) < 4.78 is 1.54. The minimum atomic E-state index is -1.09. The quantitative estimate of drug-likeness (QED) is 0.374. The van der Waals surface area contributed by atoms with Crippen LogP contribution in [0.15, 0.2) is 40.3 Å². The Hall–Kier alpha value is -4.32. The highest BCUT2D eigenvalue weighted by Crippen LogP contribution is 2.28. The van der Waals surface area contributed by atoms with Crippen molar-refractivity contribution in [3.63, 3.8) is 0 Å². The van der Waals surface area contributed by atoms with Gasteiger partial charge in [-0.05, 0) is 38.8 Å². The van der Waals surface area contributed by atoms with Crippen LogP contribution >= 0.6 is 0 Å². The molecule has 1 amide bonds. The van der Waals surface area contributed by atoms with Gasteiger partial charge in [-0.1, -0.05) is 0 Å². The molecule has 190 valence electrons. The first kappa shape index (κ1) is 24.4. The molecule has 0 aliphatic carbocycles. The fourth-order valence-electron chi connectivity index (χ4n) is 4.71. The van der Waals surface area contributed by atoms with Crippen LogP contribution in [0.3, 0.4) is 0 Å². The second kappa shape index (κ2) is 9.62. The van der Waals surface area contributed by atoms with E-state index in [9.17, 15) is 24.3 Å². The maximum absolute atomic E-state index is 13.1. The van der Waals surface area contributed by atoms with Gasteiger partial charge >= 0.3 is 5.69 Å². The van der Waals surface area contributed by atoms with Crippen LogP contribution in [-0.2, 0) is 16.0 Å². The van der Waals surface area contributed by atoms with Crippen LogP contribution < -0.4 is 11.2 Å². The fourth-order valence-corrected chi connectivity index (χ4v) is 4.71. The average Bonchev–Trinajstić information content (AvgIpc) is 2.88. The summed E-state index contributed by atoms with van der Waals surface area (Å²) in [5, 5.41) is 9.87. The summed E-state index contributed by atoms with van der Waals surface area (Å²) >= 11 is 0. The SMILES string of the molecule is CC(=O)Cc1ncc(-c2ccc3ncc4c(=O)[nH]c(=O)n(C5CCN(C(=O)[C@H](C)O)CC5)c4c3n2)cn1. The molecule has 0 saturated carbocycles. The predicted octanol–water partition coefficient (Wildman–Crippen LogP) is 0.766. The van der Waals surface area contributed by atoms with Crippen LogP contribution in [0.5, 0.6) is 0 Å². The number of nitrogens with zero attached hydrogens (tertiary/aromatic N) is 6. The second-order valence-corrected chi connectivity index (χ2v) is 9.21. The van der Waals surface area contributed by atoms with E-state index in [0.717, 1.165) is 0 Å². The molecular weight excluding hydrogens is 478 g/mol. The maximum Gasteiger partial charge on any atom is 0.329 e. The minimum Gasteiger partial charge on any atom is -0.384 e. The Morgan fingerprint density at radius 3 is 2.46 bits per heavy atom. The van der Waals surface area contributed by atoms with Gasteiger partial charge in [-0.2, -0.15) is 0 Å². The number of rotatable bonds is 5. The molecule has 1 saturated heterocycles. The Morgan fingerprint density at radius 1 is 1.11 bits per heavy atom. The minimum absolute atomic E-state index is 0.0432. The van der Waals surface area contributed by atoms with Crippen molar-refractivity contribution in [1.29, 1.82) is 0 Å². The van der Waals surface area contributed by atoms with Crippen LogP contribution in [0, 0.1) is 0 Å². The number of nitrogens with one attached hydrogen (secondary N) is 1. The summed E-state index contributed by atoms with van der Waals surface area (Å²) in [6, 6.07) is 3.20. The van der Waals surface area contributed by atoms with Crippen LogP contribution in [0.4, 0.5) is 0 Å².